The average molecular weight is 585 g/mol. The topological polar surface area (TPSA) is 60.7 Å². The Hall–Kier alpha value is -2.90. The fourth-order valence-corrected chi connectivity index (χ4v) is 6.52. The second kappa shape index (κ2) is 15.7. The highest BCUT2D eigenvalue weighted by Crippen LogP contribution is 2.47. The fraction of sp³-hybridized carbons (Fsp3) is 0.500. The van der Waals surface area contributed by atoms with Gasteiger partial charge in [-0.3, -0.25) is 0 Å². The highest BCUT2D eigenvalue weighted by molar-refractivity contribution is 5.45. The molecule has 0 aromatic carbocycles. The smallest absolute Gasteiger partial charge is 0.0711 e. The molecule has 0 amide bonds. The van der Waals surface area contributed by atoms with E-state index < -0.39 is 11.7 Å². The van der Waals surface area contributed by atoms with Gasteiger partial charge in [0.1, 0.15) is 0 Å². The Bertz CT molecular complexity index is 1300. The van der Waals surface area contributed by atoms with Crippen molar-refractivity contribution in [2.24, 2.45) is 16.7 Å². The third-order valence-electron chi connectivity index (χ3n) is 8.50. The SMILES string of the molecule is CC1=C(C#C/C(C)=C/C=C/C(C)=C/C=C/C=C(C)/C=C/C=C(C)/C=C/C2C(C)(C)CC(O)CC2(C)O)C(C)(C)CC(O)C1. The maximum atomic E-state index is 10.9. The third kappa shape index (κ3) is 12.0. The van der Waals surface area contributed by atoms with Crippen molar-refractivity contribution in [2.75, 3.05) is 0 Å². The highest BCUT2D eigenvalue weighted by atomic mass is 16.3. The minimum atomic E-state index is -0.914. The van der Waals surface area contributed by atoms with E-state index in [0.29, 0.717) is 19.3 Å². The molecule has 1 saturated carbocycles. The van der Waals surface area contributed by atoms with Crippen LogP contribution in [0.1, 0.15) is 94.9 Å². The second-order valence-corrected chi connectivity index (χ2v) is 14.3. The van der Waals surface area contributed by atoms with Crippen molar-refractivity contribution < 1.29 is 15.3 Å². The van der Waals surface area contributed by atoms with Crippen LogP contribution in [0.5, 0.6) is 0 Å². The molecule has 234 valence electrons. The summed E-state index contributed by atoms with van der Waals surface area (Å²) in [5.41, 5.74) is 5.61. The summed E-state index contributed by atoms with van der Waals surface area (Å²) < 4.78 is 0. The maximum absolute atomic E-state index is 10.9. The Balaban J connectivity index is 1.92. The zero-order valence-electron chi connectivity index (χ0n) is 28.3. The minimum absolute atomic E-state index is 0.0137. The Morgan fingerprint density at radius 3 is 1.81 bits per heavy atom. The monoisotopic (exact) mass is 584 g/mol. The lowest BCUT2D eigenvalue weighted by atomic mass is 9.61. The second-order valence-electron chi connectivity index (χ2n) is 14.3. The van der Waals surface area contributed by atoms with Crippen molar-refractivity contribution in [1.82, 2.24) is 0 Å². The van der Waals surface area contributed by atoms with E-state index in [1.807, 2.05) is 44.2 Å². The number of rotatable bonds is 8. The van der Waals surface area contributed by atoms with Crippen molar-refractivity contribution in [1.29, 1.82) is 0 Å². The molecule has 0 radical (unpaired) electrons. The van der Waals surface area contributed by atoms with E-state index in [1.165, 1.54) is 5.57 Å². The molecule has 2 aliphatic carbocycles. The zero-order valence-corrected chi connectivity index (χ0v) is 28.3. The maximum Gasteiger partial charge on any atom is 0.0711 e. The Kier molecular flexibility index (Phi) is 13.3. The molecule has 3 N–H and O–H groups in total. The van der Waals surface area contributed by atoms with Crippen LogP contribution in [0.3, 0.4) is 0 Å². The van der Waals surface area contributed by atoms with Crippen molar-refractivity contribution in [2.45, 2.75) is 113 Å². The standard InChI is InChI=1S/C40H56O3/c1-29(17-13-19-31(3)21-23-36-33(5)25-34(41)26-38(36,6)7)15-11-12-16-30(2)18-14-20-32(4)22-24-37-39(8,9)27-35(42)28-40(37,10)43/h11-20,22,24,34-35,37,41-43H,25-28H2,1-10H3/b12-11+,17-13+,18-14+,24-22+,29-15+,30-16+,31-19+,32-20+. The summed E-state index contributed by atoms with van der Waals surface area (Å²) in [6, 6.07) is 0. The van der Waals surface area contributed by atoms with Gasteiger partial charge < -0.3 is 15.3 Å². The molecular formula is C40H56O3. The molecule has 3 heteroatoms. The summed E-state index contributed by atoms with van der Waals surface area (Å²) in [4.78, 5) is 0. The first kappa shape index (κ1) is 36.3. The molecule has 1 fully saturated rings. The van der Waals surface area contributed by atoms with Gasteiger partial charge in [0.05, 0.1) is 17.8 Å². The lowest BCUT2D eigenvalue weighted by molar-refractivity contribution is -0.111. The van der Waals surface area contributed by atoms with Crippen LogP contribution in [0.2, 0.25) is 0 Å². The summed E-state index contributed by atoms with van der Waals surface area (Å²) in [5.74, 6) is 6.65. The van der Waals surface area contributed by atoms with Gasteiger partial charge in [0, 0.05) is 23.3 Å². The molecule has 2 rings (SSSR count). The predicted molar refractivity (Wildman–Crippen MR) is 184 cm³/mol. The third-order valence-corrected chi connectivity index (χ3v) is 8.50. The quantitative estimate of drug-likeness (QED) is 0.197. The van der Waals surface area contributed by atoms with Crippen molar-refractivity contribution in [3.05, 3.63) is 106 Å². The van der Waals surface area contributed by atoms with Gasteiger partial charge in [0.25, 0.3) is 0 Å². The average Bonchev–Trinajstić information content (AvgIpc) is 2.83. The van der Waals surface area contributed by atoms with Crippen LogP contribution in [0.15, 0.2) is 106 Å². The number of aliphatic hydroxyl groups excluding tert-OH is 2. The van der Waals surface area contributed by atoms with E-state index in [-0.39, 0.29) is 22.9 Å². The molecule has 0 aromatic rings. The molecule has 2 aliphatic rings. The predicted octanol–water partition coefficient (Wildman–Crippen LogP) is 9.05. The summed E-state index contributed by atoms with van der Waals surface area (Å²) in [6.45, 7) is 20.7. The first-order valence-electron chi connectivity index (χ1n) is 15.6. The molecule has 3 nitrogen and oxygen atoms in total. The molecule has 0 aliphatic heterocycles. The van der Waals surface area contributed by atoms with Gasteiger partial charge in [0.15, 0.2) is 0 Å². The first-order chi connectivity index (χ1) is 19.9. The van der Waals surface area contributed by atoms with Gasteiger partial charge in [-0.15, -0.1) is 0 Å². The number of hydrogen-bond acceptors (Lipinski definition) is 3. The molecular weight excluding hydrogens is 528 g/mol. The lowest BCUT2D eigenvalue weighted by Crippen LogP contribution is -2.50. The Morgan fingerprint density at radius 2 is 1.26 bits per heavy atom. The van der Waals surface area contributed by atoms with Gasteiger partial charge >= 0.3 is 0 Å². The van der Waals surface area contributed by atoms with E-state index in [0.717, 1.165) is 34.3 Å². The lowest BCUT2D eigenvalue weighted by Gasteiger charge is -2.48. The zero-order chi connectivity index (χ0) is 32.4. The normalized spacial score (nSPS) is 29.3. The van der Waals surface area contributed by atoms with Crippen molar-refractivity contribution in [3.8, 4) is 11.8 Å². The highest BCUT2D eigenvalue weighted by Gasteiger charge is 2.47. The van der Waals surface area contributed by atoms with Crippen LogP contribution in [0.25, 0.3) is 0 Å². The van der Waals surface area contributed by atoms with Crippen LogP contribution in [0, 0.1) is 28.6 Å². The van der Waals surface area contributed by atoms with Crippen LogP contribution in [-0.4, -0.2) is 33.1 Å². The van der Waals surface area contributed by atoms with Gasteiger partial charge in [0.2, 0.25) is 0 Å². The fourth-order valence-electron chi connectivity index (χ4n) is 6.52. The molecule has 0 aromatic heterocycles. The number of aliphatic hydroxyl groups is 3. The molecule has 43 heavy (non-hydrogen) atoms. The van der Waals surface area contributed by atoms with E-state index in [2.05, 4.69) is 110 Å². The first-order valence-corrected chi connectivity index (χ1v) is 15.6. The van der Waals surface area contributed by atoms with E-state index in [9.17, 15) is 15.3 Å². The van der Waals surface area contributed by atoms with Gasteiger partial charge in [-0.25, -0.2) is 0 Å². The van der Waals surface area contributed by atoms with Crippen LogP contribution in [0.4, 0.5) is 0 Å². The molecule has 4 unspecified atom stereocenters. The molecule has 4 atom stereocenters. The number of hydrogen-bond donors (Lipinski definition) is 3. The Labute approximate surface area is 262 Å². The summed E-state index contributed by atoms with van der Waals surface area (Å²) in [7, 11) is 0. The summed E-state index contributed by atoms with van der Waals surface area (Å²) in [6.07, 6.45) is 26.6. The minimum Gasteiger partial charge on any atom is -0.393 e. The van der Waals surface area contributed by atoms with Crippen molar-refractivity contribution >= 4 is 0 Å². The molecule has 0 bridgehead atoms. The van der Waals surface area contributed by atoms with Crippen LogP contribution < -0.4 is 0 Å². The van der Waals surface area contributed by atoms with E-state index in [4.69, 9.17) is 0 Å². The molecule has 0 saturated heterocycles. The van der Waals surface area contributed by atoms with Gasteiger partial charge in [-0.2, -0.15) is 0 Å². The number of allylic oxidation sites excluding steroid dienone is 16. The summed E-state index contributed by atoms with van der Waals surface area (Å²) in [5, 5.41) is 31.1. The van der Waals surface area contributed by atoms with Gasteiger partial charge in [-0.05, 0) is 71.8 Å². The van der Waals surface area contributed by atoms with Crippen molar-refractivity contribution in [3.63, 3.8) is 0 Å². The molecule has 0 heterocycles. The largest absolute Gasteiger partial charge is 0.393 e. The van der Waals surface area contributed by atoms with Crippen LogP contribution in [-0.2, 0) is 0 Å². The van der Waals surface area contributed by atoms with Gasteiger partial charge in [-0.1, -0.05) is 135 Å². The Morgan fingerprint density at radius 1 is 0.721 bits per heavy atom. The van der Waals surface area contributed by atoms with Crippen LogP contribution >= 0.6 is 0 Å². The summed E-state index contributed by atoms with van der Waals surface area (Å²) >= 11 is 0. The molecule has 0 spiro atoms. The van der Waals surface area contributed by atoms with E-state index >= 15 is 0 Å². The van der Waals surface area contributed by atoms with E-state index in [1.54, 1.807) is 0 Å².